The molecule has 0 saturated carbocycles. The molecule has 3 heteroatoms. The second-order valence-corrected chi connectivity index (χ2v) is 6.22. The van der Waals surface area contributed by atoms with Crippen molar-refractivity contribution in [3.05, 3.63) is 54.8 Å². The molecule has 0 aromatic heterocycles. The first-order chi connectivity index (χ1) is 10.4. The Kier molecular flexibility index (Phi) is 3.44. The highest BCUT2D eigenvalue weighted by Crippen LogP contribution is 2.41. The molecule has 3 nitrogen and oxygen atoms in total. The number of hydrogen-bond donors (Lipinski definition) is 2. The van der Waals surface area contributed by atoms with Crippen LogP contribution in [0.3, 0.4) is 0 Å². The lowest BCUT2D eigenvalue weighted by Crippen LogP contribution is -2.38. The molecular formula is C18H22N2O. The van der Waals surface area contributed by atoms with Crippen LogP contribution >= 0.6 is 0 Å². The minimum absolute atomic E-state index is 0.431. The van der Waals surface area contributed by atoms with E-state index in [1.807, 2.05) is 30.3 Å². The summed E-state index contributed by atoms with van der Waals surface area (Å²) in [6.07, 6.45) is 11.9. The lowest BCUT2D eigenvalue weighted by molar-refractivity contribution is 0.206. The van der Waals surface area contributed by atoms with Gasteiger partial charge < -0.3 is 10.1 Å². The molecule has 2 heterocycles. The first kappa shape index (κ1) is 13.0. The lowest BCUT2D eigenvalue weighted by atomic mass is 9.73. The fourth-order valence-electron chi connectivity index (χ4n) is 4.06. The van der Waals surface area contributed by atoms with Crippen molar-refractivity contribution in [1.29, 1.82) is 0 Å². The van der Waals surface area contributed by atoms with E-state index in [0.29, 0.717) is 30.0 Å². The summed E-state index contributed by atoms with van der Waals surface area (Å²) in [5.74, 6) is 3.01. The maximum atomic E-state index is 5.89. The van der Waals surface area contributed by atoms with E-state index in [1.54, 1.807) is 0 Å². The quantitative estimate of drug-likeness (QED) is 0.833. The van der Waals surface area contributed by atoms with E-state index in [1.165, 1.54) is 6.42 Å². The van der Waals surface area contributed by atoms with Crippen LogP contribution in [0.25, 0.3) is 0 Å². The van der Waals surface area contributed by atoms with Gasteiger partial charge in [-0.05, 0) is 43.0 Å². The van der Waals surface area contributed by atoms with Crippen molar-refractivity contribution in [2.45, 2.75) is 25.0 Å². The summed E-state index contributed by atoms with van der Waals surface area (Å²) < 4.78 is 5.89. The molecule has 21 heavy (non-hydrogen) atoms. The molecule has 2 N–H and O–H groups in total. The number of benzene rings is 1. The van der Waals surface area contributed by atoms with Gasteiger partial charge in [0.2, 0.25) is 0 Å². The molecule has 1 aromatic carbocycles. The highest BCUT2D eigenvalue weighted by atomic mass is 16.5. The predicted octanol–water partition coefficient (Wildman–Crippen LogP) is 2.68. The molecule has 2 aliphatic heterocycles. The van der Waals surface area contributed by atoms with Crippen LogP contribution in [0.4, 0.5) is 0 Å². The highest BCUT2D eigenvalue weighted by molar-refractivity contribution is 5.21. The number of ether oxygens (including phenoxy) is 1. The van der Waals surface area contributed by atoms with Crippen molar-refractivity contribution < 1.29 is 4.74 Å². The summed E-state index contributed by atoms with van der Waals surface area (Å²) in [5, 5.41) is 7.11. The molecule has 0 bridgehead atoms. The molecule has 1 aliphatic carbocycles. The average Bonchev–Trinajstić information content (AvgIpc) is 3.09. The smallest absolute Gasteiger partial charge is 0.119 e. The Labute approximate surface area is 126 Å². The first-order valence-corrected chi connectivity index (χ1v) is 7.95. The van der Waals surface area contributed by atoms with Gasteiger partial charge >= 0.3 is 0 Å². The summed E-state index contributed by atoms with van der Waals surface area (Å²) >= 11 is 0. The summed E-state index contributed by atoms with van der Waals surface area (Å²) in [4.78, 5) is 0. The molecular weight excluding hydrogens is 260 g/mol. The first-order valence-electron chi connectivity index (χ1n) is 7.95. The van der Waals surface area contributed by atoms with Crippen LogP contribution in [-0.2, 0) is 0 Å². The second-order valence-electron chi connectivity index (χ2n) is 6.22. The van der Waals surface area contributed by atoms with Gasteiger partial charge in [-0.25, -0.2) is 0 Å². The summed E-state index contributed by atoms with van der Waals surface area (Å²) in [5.41, 5.74) is 0. The number of allylic oxidation sites excluding steroid dienone is 1. The third-order valence-electron chi connectivity index (χ3n) is 5.04. The minimum atomic E-state index is 0.431. The molecule has 110 valence electrons. The van der Waals surface area contributed by atoms with Crippen molar-refractivity contribution in [3.8, 4) is 5.75 Å². The molecule has 1 aromatic rings. The largest absolute Gasteiger partial charge is 0.494 e. The number of nitrogens with one attached hydrogen (secondary N) is 2. The minimum Gasteiger partial charge on any atom is -0.494 e. The van der Waals surface area contributed by atoms with E-state index in [4.69, 9.17) is 4.74 Å². The monoisotopic (exact) mass is 282 g/mol. The highest BCUT2D eigenvalue weighted by Gasteiger charge is 2.46. The fourth-order valence-corrected chi connectivity index (χ4v) is 4.06. The molecule has 3 aliphatic rings. The molecule has 1 fully saturated rings. The average molecular weight is 282 g/mol. The Morgan fingerprint density at radius 1 is 1.14 bits per heavy atom. The van der Waals surface area contributed by atoms with Crippen LogP contribution in [0.5, 0.6) is 5.75 Å². The van der Waals surface area contributed by atoms with Gasteiger partial charge in [-0.2, -0.15) is 0 Å². The second kappa shape index (κ2) is 5.57. The Bertz CT molecular complexity index is 539. The Morgan fingerprint density at radius 3 is 2.95 bits per heavy atom. The zero-order valence-electron chi connectivity index (χ0n) is 12.1. The van der Waals surface area contributed by atoms with Crippen LogP contribution in [0, 0.1) is 17.8 Å². The van der Waals surface area contributed by atoms with Gasteiger partial charge in [0.15, 0.2) is 0 Å². The number of para-hydroxylation sites is 1. The van der Waals surface area contributed by atoms with Crippen molar-refractivity contribution in [2.75, 3.05) is 6.61 Å². The van der Waals surface area contributed by atoms with E-state index in [9.17, 15) is 0 Å². The molecule has 5 unspecified atom stereocenters. The third kappa shape index (κ3) is 2.46. The Morgan fingerprint density at radius 2 is 2.05 bits per heavy atom. The van der Waals surface area contributed by atoms with Crippen molar-refractivity contribution in [2.24, 2.45) is 17.8 Å². The van der Waals surface area contributed by atoms with Gasteiger partial charge in [-0.1, -0.05) is 36.4 Å². The maximum absolute atomic E-state index is 5.89. The SMILES string of the molecule is C1=CC2NC3NC=CC3C2C(CCOc2ccccc2)C1. The predicted molar refractivity (Wildman–Crippen MR) is 83.8 cm³/mol. The summed E-state index contributed by atoms with van der Waals surface area (Å²) in [7, 11) is 0. The zero-order chi connectivity index (χ0) is 14.1. The van der Waals surface area contributed by atoms with E-state index >= 15 is 0 Å². The lowest BCUT2D eigenvalue weighted by Gasteiger charge is -2.32. The van der Waals surface area contributed by atoms with Crippen LogP contribution in [0.2, 0.25) is 0 Å². The maximum Gasteiger partial charge on any atom is 0.119 e. The van der Waals surface area contributed by atoms with Crippen molar-refractivity contribution in [3.63, 3.8) is 0 Å². The van der Waals surface area contributed by atoms with E-state index < -0.39 is 0 Å². The molecule has 0 amide bonds. The fraction of sp³-hybridized carbons (Fsp3) is 0.444. The van der Waals surface area contributed by atoms with Gasteiger partial charge in [0, 0.05) is 12.0 Å². The number of hydrogen-bond acceptors (Lipinski definition) is 3. The normalized spacial score (nSPS) is 36.1. The van der Waals surface area contributed by atoms with Crippen LogP contribution in [-0.4, -0.2) is 18.8 Å². The van der Waals surface area contributed by atoms with E-state index in [-0.39, 0.29) is 0 Å². The Balaban J connectivity index is 1.38. The van der Waals surface area contributed by atoms with Crippen LogP contribution in [0.15, 0.2) is 54.8 Å². The van der Waals surface area contributed by atoms with Gasteiger partial charge in [0.1, 0.15) is 5.75 Å². The van der Waals surface area contributed by atoms with Crippen molar-refractivity contribution in [1.82, 2.24) is 10.6 Å². The van der Waals surface area contributed by atoms with Crippen LogP contribution in [0.1, 0.15) is 12.8 Å². The van der Waals surface area contributed by atoms with Gasteiger partial charge in [-0.3, -0.25) is 5.32 Å². The van der Waals surface area contributed by atoms with Gasteiger partial charge in [0.25, 0.3) is 0 Å². The van der Waals surface area contributed by atoms with E-state index in [0.717, 1.165) is 18.8 Å². The number of fused-ring (bicyclic) bond motifs is 3. The van der Waals surface area contributed by atoms with E-state index in [2.05, 4.69) is 35.1 Å². The molecule has 0 radical (unpaired) electrons. The molecule has 4 rings (SSSR count). The molecule has 0 spiro atoms. The molecule has 5 atom stereocenters. The summed E-state index contributed by atoms with van der Waals surface area (Å²) in [6, 6.07) is 10.6. The zero-order valence-corrected chi connectivity index (χ0v) is 12.1. The summed E-state index contributed by atoms with van der Waals surface area (Å²) in [6.45, 7) is 0.806. The van der Waals surface area contributed by atoms with Crippen molar-refractivity contribution >= 4 is 0 Å². The van der Waals surface area contributed by atoms with Crippen LogP contribution < -0.4 is 15.4 Å². The van der Waals surface area contributed by atoms with Gasteiger partial charge in [0.05, 0.1) is 12.8 Å². The molecule has 1 saturated heterocycles. The third-order valence-corrected chi connectivity index (χ3v) is 5.04. The topological polar surface area (TPSA) is 33.3 Å². The number of rotatable bonds is 4. The van der Waals surface area contributed by atoms with Gasteiger partial charge in [-0.15, -0.1) is 0 Å². The standard InChI is InChI=1S/C18H22N2O/c1-2-6-14(7-3-1)21-12-10-13-5-4-8-16-17(13)15-9-11-19-18(15)20-16/h1-4,6-9,11,13,15-20H,5,10,12H2. The Hall–Kier alpha value is -1.74.